The Morgan fingerprint density at radius 2 is 2.32 bits per heavy atom. The van der Waals surface area contributed by atoms with Crippen molar-refractivity contribution in [3.05, 3.63) is 30.1 Å². The van der Waals surface area contributed by atoms with Gasteiger partial charge in [-0.2, -0.15) is 0 Å². The van der Waals surface area contributed by atoms with Crippen LogP contribution in [0.3, 0.4) is 0 Å². The third-order valence-corrected chi connectivity index (χ3v) is 4.43. The Bertz CT molecular complexity index is 591. The van der Waals surface area contributed by atoms with E-state index >= 15 is 0 Å². The van der Waals surface area contributed by atoms with Gasteiger partial charge in [-0.1, -0.05) is 6.07 Å². The fourth-order valence-electron chi connectivity index (χ4n) is 2.74. The second-order valence-corrected chi connectivity index (χ2v) is 6.72. The van der Waals surface area contributed by atoms with Gasteiger partial charge in [0.15, 0.2) is 5.96 Å². The van der Waals surface area contributed by atoms with Crippen molar-refractivity contribution < 1.29 is 14.3 Å². The molecule has 0 bridgehead atoms. The third-order valence-electron chi connectivity index (χ3n) is 4.43. The second-order valence-electron chi connectivity index (χ2n) is 6.72. The van der Waals surface area contributed by atoms with E-state index in [1.165, 1.54) is 0 Å². The summed E-state index contributed by atoms with van der Waals surface area (Å²) in [6.07, 6.45) is 4.59. The van der Waals surface area contributed by atoms with Crippen LogP contribution in [0.25, 0.3) is 0 Å². The first-order valence-corrected chi connectivity index (χ1v) is 10.0. The number of pyridine rings is 1. The molecule has 1 aromatic rings. The molecule has 2 rings (SSSR count). The van der Waals surface area contributed by atoms with Gasteiger partial charge in [0.05, 0.1) is 12.7 Å². The van der Waals surface area contributed by atoms with Crippen LogP contribution in [0.5, 0.6) is 0 Å². The molecule has 1 fully saturated rings. The van der Waals surface area contributed by atoms with E-state index in [1.807, 2.05) is 25.1 Å². The Balaban J connectivity index is 1.65. The highest BCUT2D eigenvalue weighted by Gasteiger charge is 2.15. The summed E-state index contributed by atoms with van der Waals surface area (Å²) in [6.45, 7) is 6.41. The summed E-state index contributed by atoms with van der Waals surface area (Å²) in [6, 6.07) is 5.81. The number of aliphatic imine (C=N–C) groups is 1. The van der Waals surface area contributed by atoms with E-state index in [0.717, 1.165) is 44.7 Å². The number of nitrogens with one attached hydrogen (secondary N) is 2. The Morgan fingerprint density at radius 1 is 1.43 bits per heavy atom. The van der Waals surface area contributed by atoms with Crippen LogP contribution >= 0.6 is 0 Å². The summed E-state index contributed by atoms with van der Waals surface area (Å²) >= 11 is 0. The molecule has 8 heteroatoms. The number of nitrogens with zero attached hydrogens (tertiary/aromatic N) is 3. The fourth-order valence-corrected chi connectivity index (χ4v) is 2.74. The summed E-state index contributed by atoms with van der Waals surface area (Å²) in [5.74, 6) is 0.635. The zero-order valence-corrected chi connectivity index (χ0v) is 17.0. The van der Waals surface area contributed by atoms with Crippen LogP contribution in [0.4, 0.5) is 0 Å². The van der Waals surface area contributed by atoms with Crippen molar-refractivity contribution in [2.24, 2.45) is 4.99 Å². The normalized spacial score (nSPS) is 16.8. The number of rotatable bonds is 11. The Morgan fingerprint density at radius 3 is 3.04 bits per heavy atom. The summed E-state index contributed by atoms with van der Waals surface area (Å²) in [7, 11) is 1.80. The molecule has 1 aromatic heterocycles. The van der Waals surface area contributed by atoms with Crippen LogP contribution in [0.2, 0.25) is 0 Å². The van der Waals surface area contributed by atoms with Crippen molar-refractivity contribution in [1.29, 1.82) is 0 Å². The van der Waals surface area contributed by atoms with Crippen LogP contribution in [-0.2, 0) is 20.7 Å². The highest BCUT2D eigenvalue weighted by Crippen LogP contribution is 2.07. The lowest BCUT2D eigenvalue weighted by Gasteiger charge is -2.17. The minimum absolute atomic E-state index is 0.0160. The van der Waals surface area contributed by atoms with Crippen molar-refractivity contribution in [3.63, 3.8) is 0 Å². The van der Waals surface area contributed by atoms with E-state index < -0.39 is 0 Å². The standard InChI is InChI=1S/C20H33N5O3/c1-3-21-20(23-11-6-13-28-18-9-14-27-16-18)24-15-19(26)25(2)12-8-17-7-4-5-10-22-17/h4-5,7,10,18H,3,6,8-9,11-16H2,1-2H3,(H2,21,23,24). The van der Waals surface area contributed by atoms with Crippen molar-refractivity contribution in [3.8, 4) is 0 Å². The minimum atomic E-state index is -0.0160. The SMILES string of the molecule is CCNC(=NCC(=O)N(C)CCc1ccccn1)NCCCOC1CCOC1. The van der Waals surface area contributed by atoms with E-state index in [0.29, 0.717) is 25.7 Å². The fraction of sp³-hybridized carbons (Fsp3) is 0.650. The molecule has 0 radical (unpaired) electrons. The molecule has 1 aliphatic rings. The number of hydrogen-bond donors (Lipinski definition) is 2. The first-order chi connectivity index (χ1) is 13.7. The van der Waals surface area contributed by atoms with Crippen LogP contribution in [0.1, 0.15) is 25.5 Å². The summed E-state index contributed by atoms with van der Waals surface area (Å²) in [4.78, 5) is 22.7. The molecule has 1 amide bonds. The van der Waals surface area contributed by atoms with Gasteiger partial charge in [-0.15, -0.1) is 0 Å². The van der Waals surface area contributed by atoms with E-state index in [-0.39, 0.29) is 18.6 Å². The number of amides is 1. The Hall–Kier alpha value is -2.19. The number of guanidine groups is 1. The molecule has 0 aromatic carbocycles. The molecular formula is C20H33N5O3. The molecule has 0 saturated carbocycles. The molecule has 156 valence electrons. The topological polar surface area (TPSA) is 88.1 Å². The lowest BCUT2D eigenvalue weighted by molar-refractivity contribution is -0.128. The van der Waals surface area contributed by atoms with E-state index in [1.54, 1.807) is 18.1 Å². The van der Waals surface area contributed by atoms with Crippen LogP contribution in [0.15, 0.2) is 29.4 Å². The predicted molar refractivity (Wildman–Crippen MR) is 109 cm³/mol. The molecule has 2 N–H and O–H groups in total. The maximum absolute atomic E-state index is 12.3. The molecule has 8 nitrogen and oxygen atoms in total. The maximum Gasteiger partial charge on any atom is 0.244 e. The van der Waals surface area contributed by atoms with Gasteiger partial charge in [0, 0.05) is 58.2 Å². The largest absolute Gasteiger partial charge is 0.379 e. The molecule has 28 heavy (non-hydrogen) atoms. The number of carbonyl (C=O) groups is 1. The summed E-state index contributed by atoms with van der Waals surface area (Å²) < 4.78 is 11.0. The molecule has 1 unspecified atom stereocenters. The zero-order chi connectivity index (χ0) is 20.0. The van der Waals surface area contributed by atoms with Crippen molar-refractivity contribution >= 4 is 11.9 Å². The van der Waals surface area contributed by atoms with Gasteiger partial charge in [0.25, 0.3) is 0 Å². The molecular weight excluding hydrogens is 358 g/mol. The molecule has 0 aliphatic carbocycles. The van der Waals surface area contributed by atoms with Gasteiger partial charge in [-0.3, -0.25) is 9.78 Å². The quantitative estimate of drug-likeness (QED) is 0.330. The molecule has 1 saturated heterocycles. The van der Waals surface area contributed by atoms with Gasteiger partial charge in [0.2, 0.25) is 5.91 Å². The highest BCUT2D eigenvalue weighted by atomic mass is 16.5. The Kier molecular flexibility index (Phi) is 10.3. The van der Waals surface area contributed by atoms with E-state index in [9.17, 15) is 4.79 Å². The first-order valence-electron chi connectivity index (χ1n) is 10.0. The average molecular weight is 392 g/mol. The van der Waals surface area contributed by atoms with Gasteiger partial charge < -0.3 is 25.0 Å². The van der Waals surface area contributed by atoms with E-state index in [4.69, 9.17) is 9.47 Å². The van der Waals surface area contributed by atoms with E-state index in [2.05, 4.69) is 20.6 Å². The number of aromatic nitrogens is 1. The van der Waals surface area contributed by atoms with Crippen LogP contribution in [-0.4, -0.2) is 80.9 Å². The van der Waals surface area contributed by atoms with Gasteiger partial charge in [0.1, 0.15) is 6.54 Å². The molecule has 1 aliphatic heterocycles. The molecule has 2 heterocycles. The lowest BCUT2D eigenvalue weighted by atomic mass is 10.2. The predicted octanol–water partition coefficient (Wildman–Crippen LogP) is 0.833. The van der Waals surface area contributed by atoms with Crippen molar-refractivity contribution in [2.45, 2.75) is 32.3 Å². The highest BCUT2D eigenvalue weighted by molar-refractivity contribution is 5.84. The van der Waals surface area contributed by atoms with Crippen LogP contribution in [0, 0.1) is 0 Å². The summed E-state index contributed by atoms with van der Waals surface area (Å²) in [5, 5.41) is 6.41. The summed E-state index contributed by atoms with van der Waals surface area (Å²) in [5.41, 5.74) is 0.979. The number of likely N-dealkylation sites (N-methyl/N-ethyl adjacent to an activating group) is 1. The van der Waals surface area contributed by atoms with Gasteiger partial charge in [-0.05, 0) is 31.9 Å². The average Bonchev–Trinajstić information content (AvgIpc) is 3.24. The zero-order valence-electron chi connectivity index (χ0n) is 17.0. The lowest BCUT2D eigenvalue weighted by Crippen LogP contribution is -2.39. The second kappa shape index (κ2) is 13.1. The van der Waals surface area contributed by atoms with Crippen molar-refractivity contribution in [2.75, 3.05) is 53.0 Å². The maximum atomic E-state index is 12.3. The smallest absolute Gasteiger partial charge is 0.244 e. The first kappa shape index (κ1) is 22.1. The minimum Gasteiger partial charge on any atom is -0.379 e. The number of ether oxygens (including phenoxy) is 2. The van der Waals surface area contributed by atoms with Crippen molar-refractivity contribution in [1.82, 2.24) is 20.5 Å². The Labute approximate surface area is 167 Å². The number of carbonyl (C=O) groups excluding carboxylic acids is 1. The van der Waals surface area contributed by atoms with Gasteiger partial charge >= 0.3 is 0 Å². The third kappa shape index (κ3) is 8.67. The van der Waals surface area contributed by atoms with Crippen LogP contribution < -0.4 is 10.6 Å². The molecule has 1 atom stereocenters. The van der Waals surface area contributed by atoms with Gasteiger partial charge in [-0.25, -0.2) is 4.99 Å². The monoisotopic (exact) mass is 391 g/mol. The molecule has 0 spiro atoms. The number of hydrogen-bond acceptors (Lipinski definition) is 5.